The van der Waals surface area contributed by atoms with E-state index in [0.29, 0.717) is 13.1 Å². The van der Waals surface area contributed by atoms with Crippen LogP contribution in [0.15, 0.2) is 54.9 Å². The maximum absolute atomic E-state index is 12.3. The molecule has 1 aromatic heterocycles. The Hall–Kier alpha value is -2.24. The number of nitrogens with zero attached hydrogens (tertiary/aromatic N) is 3. The molecule has 1 aromatic carbocycles. The lowest BCUT2D eigenvalue weighted by Crippen LogP contribution is -2.58. The van der Waals surface area contributed by atoms with E-state index < -0.39 is 0 Å². The fourth-order valence-electron chi connectivity index (χ4n) is 4.06. The van der Waals surface area contributed by atoms with Crippen LogP contribution in [-0.2, 0) is 22.5 Å². The summed E-state index contributed by atoms with van der Waals surface area (Å²) in [5, 5.41) is 0. The molecule has 0 aliphatic carbocycles. The van der Waals surface area contributed by atoms with Crippen molar-refractivity contribution in [3.8, 4) is 0 Å². The van der Waals surface area contributed by atoms with Crippen molar-refractivity contribution < 1.29 is 9.53 Å². The number of carbonyl (C=O) groups is 1. The fraction of sp³-hybridized carbons (Fsp3) is 0.455. The van der Waals surface area contributed by atoms with Gasteiger partial charge in [-0.3, -0.25) is 9.78 Å². The van der Waals surface area contributed by atoms with E-state index in [-0.39, 0.29) is 18.1 Å². The number of ether oxygens (including phenoxy) is 1. The number of hydrogen-bond acceptors (Lipinski definition) is 4. The van der Waals surface area contributed by atoms with Crippen LogP contribution in [0.1, 0.15) is 24.0 Å². The van der Waals surface area contributed by atoms with Gasteiger partial charge in [0.1, 0.15) is 6.61 Å². The van der Waals surface area contributed by atoms with Crippen molar-refractivity contribution in [2.24, 2.45) is 0 Å². The van der Waals surface area contributed by atoms with E-state index in [1.807, 2.05) is 17.0 Å². The van der Waals surface area contributed by atoms with Gasteiger partial charge in [-0.15, -0.1) is 0 Å². The Morgan fingerprint density at radius 3 is 2.48 bits per heavy atom. The molecule has 4 rings (SSSR count). The van der Waals surface area contributed by atoms with Gasteiger partial charge in [0.2, 0.25) is 5.91 Å². The molecule has 5 heteroatoms. The topological polar surface area (TPSA) is 45.7 Å². The summed E-state index contributed by atoms with van der Waals surface area (Å²) in [5.74, 6) is 0.0870. The summed E-state index contributed by atoms with van der Waals surface area (Å²) in [4.78, 5) is 20.9. The molecule has 1 amide bonds. The van der Waals surface area contributed by atoms with Crippen molar-refractivity contribution in [3.63, 3.8) is 0 Å². The van der Waals surface area contributed by atoms with Crippen LogP contribution < -0.4 is 0 Å². The summed E-state index contributed by atoms with van der Waals surface area (Å²) in [6.07, 6.45) is 6.62. The van der Waals surface area contributed by atoms with Gasteiger partial charge in [-0.1, -0.05) is 30.3 Å². The Labute approximate surface area is 161 Å². The van der Waals surface area contributed by atoms with Crippen molar-refractivity contribution in [1.29, 1.82) is 0 Å². The van der Waals surface area contributed by atoms with E-state index >= 15 is 0 Å². The second-order valence-electron chi connectivity index (χ2n) is 7.65. The van der Waals surface area contributed by atoms with Crippen LogP contribution in [0, 0.1) is 0 Å². The molecule has 0 bridgehead atoms. The lowest BCUT2D eigenvalue weighted by molar-refractivity contribution is -0.172. The third kappa shape index (κ3) is 4.54. The minimum Gasteiger partial charge on any atom is -0.363 e. The molecule has 0 saturated carbocycles. The van der Waals surface area contributed by atoms with Gasteiger partial charge in [-0.25, -0.2) is 0 Å². The van der Waals surface area contributed by atoms with E-state index in [9.17, 15) is 4.79 Å². The maximum Gasteiger partial charge on any atom is 0.248 e. The van der Waals surface area contributed by atoms with Gasteiger partial charge >= 0.3 is 0 Å². The SMILES string of the molecule is O=C1COC2(CCN(CCc3ccccc3)CC2)CN1Cc1ccncc1. The quantitative estimate of drug-likeness (QED) is 0.817. The van der Waals surface area contributed by atoms with Gasteiger partial charge in [0.25, 0.3) is 0 Å². The van der Waals surface area contributed by atoms with Gasteiger partial charge in [-0.05, 0) is 42.5 Å². The molecule has 0 atom stereocenters. The molecule has 0 unspecified atom stereocenters. The fourth-order valence-corrected chi connectivity index (χ4v) is 4.06. The first kappa shape index (κ1) is 18.1. The Bertz CT molecular complexity index is 743. The molecule has 0 radical (unpaired) electrons. The summed E-state index contributed by atoms with van der Waals surface area (Å²) < 4.78 is 6.07. The van der Waals surface area contributed by atoms with Crippen molar-refractivity contribution in [2.45, 2.75) is 31.4 Å². The highest BCUT2D eigenvalue weighted by atomic mass is 16.5. The van der Waals surface area contributed by atoms with Gasteiger partial charge in [0, 0.05) is 38.6 Å². The summed E-state index contributed by atoms with van der Waals surface area (Å²) in [7, 11) is 0. The van der Waals surface area contributed by atoms with Crippen LogP contribution in [0.5, 0.6) is 0 Å². The van der Waals surface area contributed by atoms with E-state index in [4.69, 9.17) is 4.74 Å². The highest BCUT2D eigenvalue weighted by Gasteiger charge is 2.42. The van der Waals surface area contributed by atoms with E-state index in [1.165, 1.54) is 5.56 Å². The minimum absolute atomic E-state index is 0.0870. The number of piperidine rings is 1. The first-order valence-corrected chi connectivity index (χ1v) is 9.79. The molecule has 2 aliphatic heterocycles. The molecule has 5 nitrogen and oxygen atoms in total. The molecule has 3 heterocycles. The number of hydrogen-bond donors (Lipinski definition) is 0. The number of likely N-dealkylation sites (tertiary alicyclic amines) is 1. The first-order chi connectivity index (χ1) is 13.2. The zero-order valence-electron chi connectivity index (χ0n) is 15.7. The largest absolute Gasteiger partial charge is 0.363 e. The monoisotopic (exact) mass is 365 g/mol. The maximum atomic E-state index is 12.3. The number of pyridine rings is 1. The number of benzene rings is 1. The van der Waals surface area contributed by atoms with Crippen LogP contribution >= 0.6 is 0 Å². The zero-order chi connectivity index (χ0) is 18.5. The number of amides is 1. The molecule has 2 aliphatic rings. The summed E-state index contributed by atoms with van der Waals surface area (Å²) >= 11 is 0. The van der Waals surface area contributed by atoms with Crippen molar-refractivity contribution >= 4 is 5.91 Å². The predicted molar refractivity (Wildman–Crippen MR) is 104 cm³/mol. The third-order valence-electron chi connectivity index (χ3n) is 5.78. The molecule has 27 heavy (non-hydrogen) atoms. The third-order valence-corrected chi connectivity index (χ3v) is 5.78. The Kier molecular flexibility index (Phi) is 5.50. The lowest BCUT2D eigenvalue weighted by atomic mass is 9.89. The van der Waals surface area contributed by atoms with Gasteiger partial charge in [0.05, 0.1) is 12.1 Å². The van der Waals surface area contributed by atoms with Crippen molar-refractivity contribution in [3.05, 3.63) is 66.0 Å². The summed E-state index contributed by atoms with van der Waals surface area (Å²) in [6, 6.07) is 14.6. The van der Waals surface area contributed by atoms with Crippen molar-refractivity contribution in [2.75, 3.05) is 32.8 Å². The van der Waals surface area contributed by atoms with Crippen LogP contribution in [0.3, 0.4) is 0 Å². The van der Waals surface area contributed by atoms with Gasteiger partial charge < -0.3 is 14.5 Å². The average Bonchev–Trinajstić information content (AvgIpc) is 2.72. The number of rotatable bonds is 5. The van der Waals surface area contributed by atoms with Crippen LogP contribution in [-0.4, -0.2) is 59.1 Å². The highest BCUT2D eigenvalue weighted by Crippen LogP contribution is 2.31. The summed E-state index contributed by atoms with van der Waals surface area (Å²) in [6.45, 7) is 4.69. The lowest BCUT2D eigenvalue weighted by Gasteiger charge is -2.47. The van der Waals surface area contributed by atoms with Crippen LogP contribution in [0.2, 0.25) is 0 Å². The van der Waals surface area contributed by atoms with Crippen molar-refractivity contribution in [1.82, 2.24) is 14.8 Å². The van der Waals surface area contributed by atoms with Crippen LogP contribution in [0.4, 0.5) is 0 Å². The smallest absolute Gasteiger partial charge is 0.248 e. The number of aromatic nitrogens is 1. The Morgan fingerprint density at radius 2 is 1.74 bits per heavy atom. The van der Waals surface area contributed by atoms with E-state index in [0.717, 1.165) is 44.5 Å². The highest BCUT2D eigenvalue weighted by molar-refractivity contribution is 5.78. The number of carbonyl (C=O) groups excluding carboxylic acids is 1. The molecule has 142 valence electrons. The Morgan fingerprint density at radius 1 is 1.00 bits per heavy atom. The first-order valence-electron chi connectivity index (χ1n) is 9.79. The second kappa shape index (κ2) is 8.19. The Balaban J connectivity index is 1.31. The minimum atomic E-state index is -0.176. The zero-order valence-corrected chi connectivity index (χ0v) is 15.7. The standard InChI is InChI=1S/C22H27N3O2/c26-21-17-27-22(18-25(21)16-20-6-11-23-12-7-20)9-14-24(15-10-22)13-8-19-4-2-1-3-5-19/h1-7,11-12H,8-10,13-18H2. The van der Waals surface area contributed by atoms with Crippen LogP contribution in [0.25, 0.3) is 0 Å². The molecule has 2 aromatic rings. The average molecular weight is 365 g/mol. The molecular formula is C22H27N3O2. The second-order valence-corrected chi connectivity index (χ2v) is 7.65. The number of morpholine rings is 1. The van der Waals surface area contributed by atoms with E-state index in [1.54, 1.807) is 12.4 Å². The molecule has 2 fully saturated rings. The molecule has 2 saturated heterocycles. The van der Waals surface area contributed by atoms with Gasteiger partial charge in [-0.2, -0.15) is 0 Å². The van der Waals surface area contributed by atoms with Gasteiger partial charge in [0.15, 0.2) is 0 Å². The molecule has 1 spiro atoms. The molecular weight excluding hydrogens is 338 g/mol. The predicted octanol–water partition coefficient (Wildman–Crippen LogP) is 2.52. The summed E-state index contributed by atoms with van der Waals surface area (Å²) in [5.41, 5.74) is 2.33. The molecule has 0 N–H and O–H groups in total. The van der Waals surface area contributed by atoms with E-state index in [2.05, 4.69) is 40.2 Å². The normalized spacial score (nSPS) is 20.1.